The van der Waals surface area contributed by atoms with Crippen LogP contribution in [0.3, 0.4) is 0 Å². The predicted molar refractivity (Wildman–Crippen MR) is 110 cm³/mol. The second-order valence-corrected chi connectivity index (χ2v) is 8.30. The molecule has 0 amide bonds. The van der Waals surface area contributed by atoms with Crippen LogP contribution in [0.15, 0.2) is 47.4 Å². The fourth-order valence-electron chi connectivity index (χ4n) is 2.84. The molecule has 1 atom stereocenters. The van der Waals surface area contributed by atoms with E-state index in [1.54, 1.807) is 19.2 Å². The van der Waals surface area contributed by atoms with Gasteiger partial charge in [-0.25, -0.2) is 13.1 Å². The summed E-state index contributed by atoms with van der Waals surface area (Å²) < 4.78 is 45.0. The van der Waals surface area contributed by atoms with E-state index in [9.17, 15) is 8.42 Å². The maximum Gasteiger partial charge on any atom is 0.241 e. The summed E-state index contributed by atoms with van der Waals surface area (Å²) in [4.78, 5) is 0.190. The number of hydrogen-bond donors (Lipinski definition) is 1. The molecule has 0 spiro atoms. The van der Waals surface area contributed by atoms with Gasteiger partial charge in [0.05, 0.1) is 25.2 Å². The Balaban J connectivity index is 2.35. The van der Waals surface area contributed by atoms with Crippen molar-refractivity contribution in [3.05, 3.63) is 48.0 Å². The highest BCUT2D eigenvalue weighted by Gasteiger charge is 2.25. The van der Waals surface area contributed by atoms with Gasteiger partial charge in [0.2, 0.25) is 10.0 Å². The average Bonchev–Trinajstić information content (AvgIpc) is 2.68. The first kappa shape index (κ1) is 22.0. The summed E-state index contributed by atoms with van der Waals surface area (Å²) in [6.07, 6.45) is 0. The van der Waals surface area contributed by atoms with Crippen LogP contribution >= 0.6 is 0 Å². The maximum atomic E-state index is 12.9. The lowest BCUT2D eigenvalue weighted by molar-refractivity contribution is 0.287. The molecule has 0 unspecified atom stereocenters. The van der Waals surface area contributed by atoms with Gasteiger partial charge in [0.1, 0.15) is 5.75 Å². The first-order chi connectivity index (χ1) is 13.3. The predicted octanol–water partition coefficient (Wildman–Crippen LogP) is 4.17. The lowest BCUT2D eigenvalue weighted by Gasteiger charge is -2.24. The quantitative estimate of drug-likeness (QED) is 0.640. The van der Waals surface area contributed by atoms with Crippen LogP contribution in [0.1, 0.15) is 39.3 Å². The zero-order chi connectivity index (χ0) is 20.7. The van der Waals surface area contributed by atoms with E-state index in [1.807, 2.05) is 45.9 Å². The van der Waals surface area contributed by atoms with Crippen LogP contribution in [0.5, 0.6) is 17.2 Å². The number of methoxy groups -OCH3 is 1. The van der Waals surface area contributed by atoms with Crippen molar-refractivity contribution in [1.29, 1.82) is 0 Å². The zero-order valence-electron chi connectivity index (χ0n) is 17.1. The molecule has 2 rings (SSSR count). The van der Waals surface area contributed by atoms with Crippen LogP contribution < -0.4 is 18.9 Å². The Morgan fingerprint density at radius 3 is 2.07 bits per heavy atom. The normalized spacial score (nSPS) is 12.6. The van der Waals surface area contributed by atoms with E-state index in [4.69, 9.17) is 14.2 Å². The first-order valence-corrected chi connectivity index (χ1v) is 10.9. The lowest BCUT2D eigenvalue weighted by atomic mass is 9.97. The van der Waals surface area contributed by atoms with Crippen molar-refractivity contribution >= 4 is 10.0 Å². The minimum absolute atomic E-state index is 0.0282. The Bertz CT molecular complexity index is 863. The van der Waals surface area contributed by atoms with Gasteiger partial charge in [-0.2, -0.15) is 0 Å². The molecule has 1 N–H and O–H groups in total. The van der Waals surface area contributed by atoms with Gasteiger partial charge in [-0.15, -0.1) is 0 Å². The number of ether oxygens (including phenoxy) is 3. The largest absolute Gasteiger partial charge is 0.497 e. The monoisotopic (exact) mass is 407 g/mol. The topological polar surface area (TPSA) is 73.9 Å². The molecule has 0 heterocycles. The zero-order valence-corrected chi connectivity index (χ0v) is 17.9. The molecule has 2 aromatic carbocycles. The van der Waals surface area contributed by atoms with Crippen LogP contribution in [-0.4, -0.2) is 28.7 Å². The molecule has 0 radical (unpaired) electrons. The van der Waals surface area contributed by atoms with Gasteiger partial charge in [0.25, 0.3) is 0 Å². The Morgan fingerprint density at radius 1 is 0.929 bits per heavy atom. The molecule has 0 aliphatic heterocycles. The summed E-state index contributed by atoms with van der Waals surface area (Å²) in [5, 5.41) is 0. The highest BCUT2D eigenvalue weighted by Crippen LogP contribution is 2.33. The highest BCUT2D eigenvalue weighted by molar-refractivity contribution is 7.89. The number of benzene rings is 2. The van der Waals surface area contributed by atoms with Gasteiger partial charge >= 0.3 is 0 Å². The van der Waals surface area contributed by atoms with Crippen LogP contribution in [-0.2, 0) is 10.0 Å². The van der Waals surface area contributed by atoms with Crippen LogP contribution in [0.25, 0.3) is 0 Å². The molecule has 7 heteroatoms. The molecule has 0 aliphatic carbocycles. The smallest absolute Gasteiger partial charge is 0.241 e. The third-order valence-corrected chi connectivity index (χ3v) is 5.70. The van der Waals surface area contributed by atoms with Gasteiger partial charge in [-0.05, 0) is 61.7 Å². The van der Waals surface area contributed by atoms with E-state index in [0.717, 1.165) is 5.56 Å². The second kappa shape index (κ2) is 9.80. The Kier molecular flexibility index (Phi) is 7.71. The first-order valence-electron chi connectivity index (χ1n) is 9.38. The molecule has 0 bridgehead atoms. The van der Waals surface area contributed by atoms with Gasteiger partial charge in [-0.3, -0.25) is 0 Å². The van der Waals surface area contributed by atoms with Crippen molar-refractivity contribution in [3.8, 4) is 17.2 Å². The molecule has 0 aliphatic rings. The molecule has 0 fully saturated rings. The number of nitrogens with one attached hydrogen (secondary N) is 1. The Morgan fingerprint density at radius 2 is 1.54 bits per heavy atom. The second-order valence-electron chi connectivity index (χ2n) is 6.59. The number of hydrogen-bond acceptors (Lipinski definition) is 5. The minimum atomic E-state index is -3.70. The van der Waals surface area contributed by atoms with Gasteiger partial charge in [-0.1, -0.05) is 19.9 Å². The third kappa shape index (κ3) is 5.39. The molecular weight excluding hydrogens is 378 g/mol. The van der Waals surface area contributed by atoms with Crippen LogP contribution in [0, 0.1) is 5.92 Å². The maximum absolute atomic E-state index is 12.9. The van der Waals surface area contributed by atoms with Gasteiger partial charge < -0.3 is 14.2 Å². The van der Waals surface area contributed by atoms with E-state index in [2.05, 4.69) is 4.72 Å². The summed E-state index contributed by atoms with van der Waals surface area (Å²) in [6.45, 7) is 8.76. The fraction of sp³-hybridized carbons (Fsp3) is 0.429. The molecule has 0 saturated carbocycles. The molecule has 6 nitrogen and oxygen atoms in total. The van der Waals surface area contributed by atoms with Crippen molar-refractivity contribution in [2.45, 2.75) is 38.6 Å². The van der Waals surface area contributed by atoms with Crippen LogP contribution in [0.2, 0.25) is 0 Å². The standard InChI is InChI=1S/C21H29NO5S/c1-6-26-19-13-8-16(14-20(19)27-7-2)21(15(3)4)22-28(23,24)18-11-9-17(25-5)10-12-18/h8-15,21-22H,6-7H2,1-5H3/t21-/m0/s1. The fourth-order valence-corrected chi connectivity index (χ4v) is 4.21. The van der Waals surface area contributed by atoms with Crippen molar-refractivity contribution in [1.82, 2.24) is 4.72 Å². The lowest BCUT2D eigenvalue weighted by Crippen LogP contribution is -2.31. The summed E-state index contributed by atoms with van der Waals surface area (Å²) >= 11 is 0. The molecule has 154 valence electrons. The van der Waals surface area contributed by atoms with Crippen molar-refractivity contribution in [2.75, 3.05) is 20.3 Å². The summed E-state index contributed by atoms with van der Waals surface area (Å²) in [6, 6.07) is 11.4. The molecule has 2 aromatic rings. The van der Waals surface area contributed by atoms with E-state index >= 15 is 0 Å². The highest BCUT2D eigenvalue weighted by atomic mass is 32.2. The Labute approximate surface area is 167 Å². The molecule has 28 heavy (non-hydrogen) atoms. The van der Waals surface area contributed by atoms with E-state index < -0.39 is 16.1 Å². The van der Waals surface area contributed by atoms with Crippen molar-refractivity contribution < 1.29 is 22.6 Å². The minimum Gasteiger partial charge on any atom is -0.497 e. The summed E-state index contributed by atoms with van der Waals surface area (Å²) in [5.74, 6) is 1.89. The summed E-state index contributed by atoms with van der Waals surface area (Å²) in [7, 11) is -2.16. The molecule has 0 aromatic heterocycles. The van der Waals surface area contributed by atoms with E-state index in [-0.39, 0.29) is 10.8 Å². The van der Waals surface area contributed by atoms with E-state index in [1.165, 1.54) is 12.1 Å². The number of sulfonamides is 1. The number of rotatable bonds is 10. The third-order valence-electron chi connectivity index (χ3n) is 4.25. The van der Waals surface area contributed by atoms with Crippen molar-refractivity contribution in [2.24, 2.45) is 5.92 Å². The Hall–Kier alpha value is -2.25. The molecular formula is C21H29NO5S. The van der Waals surface area contributed by atoms with Crippen molar-refractivity contribution in [3.63, 3.8) is 0 Å². The van der Waals surface area contributed by atoms with E-state index in [0.29, 0.717) is 30.5 Å². The van der Waals surface area contributed by atoms with Gasteiger partial charge in [0.15, 0.2) is 11.5 Å². The molecule has 0 saturated heterocycles. The summed E-state index contributed by atoms with van der Waals surface area (Å²) in [5.41, 5.74) is 0.819. The average molecular weight is 408 g/mol. The van der Waals surface area contributed by atoms with Crippen LogP contribution in [0.4, 0.5) is 0 Å². The SMILES string of the molecule is CCOc1ccc([C@@H](NS(=O)(=O)c2ccc(OC)cc2)C(C)C)cc1OCC. The van der Waals surface area contributed by atoms with Gasteiger partial charge in [0, 0.05) is 6.04 Å².